The molecular weight excluding hydrogens is 290 g/mol. The van der Waals surface area contributed by atoms with Crippen LogP contribution in [-0.2, 0) is 12.8 Å². The summed E-state index contributed by atoms with van der Waals surface area (Å²) in [5.41, 5.74) is 0.838. The van der Waals surface area contributed by atoms with Gasteiger partial charge in [0, 0.05) is 12.0 Å². The van der Waals surface area contributed by atoms with Crippen LogP contribution < -0.4 is 5.32 Å². The van der Waals surface area contributed by atoms with Crippen LogP contribution in [0.3, 0.4) is 0 Å². The maximum absolute atomic E-state index is 13.7. The number of furan rings is 1. The Morgan fingerprint density at radius 3 is 2.64 bits per heavy atom. The van der Waals surface area contributed by atoms with Crippen molar-refractivity contribution < 1.29 is 18.0 Å². The van der Waals surface area contributed by atoms with Crippen molar-refractivity contribution in [1.82, 2.24) is 10.3 Å². The molecule has 0 fully saturated rings. The van der Waals surface area contributed by atoms with Gasteiger partial charge in [-0.1, -0.05) is 0 Å². The van der Waals surface area contributed by atoms with Gasteiger partial charge in [-0.05, 0) is 37.8 Å². The quantitative estimate of drug-likeness (QED) is 0.946. The number of halogens is 2. The van der Waals surface area contributed by atoms with E-state index in [1.54, 1.807) is 6.07 Å². The first-order valence-electron chi connectivity index (χ1n) is 7.27. The summed E-state index contributed by atoms with van der Waals surface area (Å²) in [4.78, 5) is 15.6. The van der Waals surface area contributed by atoms with E-state index in [0.29, 0.717) is 0 Å². The largest absolute Gasteiger partial charge is 0.456 e. The summed E-state index contributed by atoms with van der Waals surface area (Å²) in [6.07, 6.45) is 5.70. The lowest BCUT2D eigenvalue weighted by atomic mass is 9.99. The van der Waals surface area contributed by atoms with Crippen LogP contribution in [0.25, 0.3) is 0 Å². The zero-order chi connectivity index (χ0) is 15.7. The first kappa shape index (κ1) is 14.7. The van der Waals surface area contributed by atoms with Gasteiger partial charge in [0.15, 0.2) is 5.76 Å². The molecule has 0 aliphatic heterocycles. The summed E-state index contributed by atoms with van der Waals surface area (Å²) in [6, 6.07) is 0.896. The number of nitrogens with one attached hydrogen (secondary N) is 1. The molecule has 0 bridgehead atoms. The van der Waals surface area contributed by atoms with Crippen LogP contribution in [0, 0.1) is 11.6 Å². The number of fused-ring (bicyclic) bond motifs is 1. The average Bonchev–Trinajstić information content (AvgIpc) is 2.91. The van der Waals surface area contributed by atoms with Gasteiger partial charge in [-0.2, -0.15) is 0 Å². The Morgan fingerprint density at radius 1 is 1.27 bits per heavy atom. The molecule has 1 aliphatic carbocycles. The highest BCUT2D eigenvalue weighted by molar-refractivity contribution is 5.92. The molecule has 2 heterocycles. The Morgan fingerprint density at radius 2 is 1.95 bits per heavy atom. The highest BCUT2D eigenvalue weighted by Gasteiger charge is 2.23. The van der Waals surface area contributed by atoms with E-state index in [1.807, 2.05) is 0 Å². The predicted octanol–water partition coefficient (Wildman–Crippen LogP) is 3.32. The summed E-state index contributed by atoms with van der Waals surface area (Å²) >= 11 is 0. The molecule has 0 aromatic carbocycles. The zero-order valence-corrected chi connectivity index (χ0v) is 12.2. The van der Waals surface area contributed by atoms with Crippen LogP contribution in [0.4, 0.5) is 8.78 Å². The fourth-order valence-corrected chi connectivity index (χ4v) is 2.78. The van der Waals surface area contributed by atoms with E-state index in [-0.39, 0.29) is 11.3 Å². The molecule has 0 saturated heterocycles. The van der Waals surface area contributed by atoms with Gasteiger partial charge in [-0.15, -0.1) is 0 Å². The summed E-state index contributed by atoms with van der Waals surface area (Å²) in [7, 11) is 0. The minimum absolute atomic E-state index is 0.189. The van der Waals surface area contributed by atoms with Gasteiger partial charge in [0.05, 0.1) is 18.4 Å². The number of hydrogen-bond acceptors (Lipinski definition) is 3. The Kier molecular flexibility index (Phi) is 3.92. The van der Waals surface area contributed by atoms with E-state index in [0.717, 1.165) is 49.4 Å². The molecule has 4 nitrogen and oxygen atoms in total. The maximum Gasteiger partial charge on any atom is 0.287 e. The molecule has 0 radical (unpaired) electrons. The van der Waals surface area contributed by atoms with Crippen LogP contribution in [0.1, 0.15) is 53.2 Å². The summed E-state index contributed by atoms with van der Waals surface area (Å²) in [5.74, 6) is -1.02. The third kappa shape index (κ3) is 2.73. The predicted molar refractivity (Wildman–Crippen MR) is 75.4 cm³/mol. The molecule has 1 atom stereocenters. The minimum atomic E-state index is -0.822. The van der Waals surface area contributed by atoms with Crippen molar-refractivity contribution in [2.24, 2.45) is 0 Å². The fraction of sp³-hybridized carbons (Fsp3) is 0.375. The summed E-state index contributed by atoms with van der Waals surface area (Å²) < 4.78 is 32.9. The van der Waals surface area contributed by atoms with Crippen LogP contribution >= 0.6 is 0 Å². The van der Waals surface area contributed by atoms with Gasteiger partial charge in [0.1, 0.15) is 17.4 Å². The number of aromatic nitrogens is 1. The molecule has 0 spiro atoms. The second-order valence-electron chi connectivity index (χ2n) is 5.48. The number of amides is 1. The van der Waals surface area contributed by atoms with Gasteiger partial charge in [-0.3, -0.25) is 9.78 Å². The standard InChI is InChI=1S/C16H16F2N2O2/c1-9(15-11(17)7-19-8-12(15)18)20-16(21)14-6-10-4-2-3-5-13(10)22-14/h6-9H,2-5H2,1H3,(H,20,21). The molecule has 0 saturated carbocycles. The lowest BCUT2D eigenvalue weighted by Gasteiger charge is -2.14. The van der Waals surface area contributed by atoms with E-state index < -0.39 is 23.6 Å². The lowest BCUT2D eigenvalue weighted by Crippen LogP contribution is -2.27. The van der Waals surface area contributed by atoms with E-state index >= 15 is 0 Å². The van der Waals surface area contributed by atoms with Crippen LogP contribution in [0.15, 0.2) is 22.9 Å². The van der Waals surface area contributed by atoms with E-state index in [1.165, 1.54) is 6.92 Å². The van der Waals surface area contributed by atoms with Crippen molar-refractivity contribution in [3.8, 4) is 0 Å². The second kappa shape index (κ2) is 5.87. The number of hydrogen-bond donors (Lipinski definition) is 1. The van der Waals surface area contributed by atoms with E-state index in [4.69, 9.17) is 4.42 Å². The zero-order valence-electron chi connectivity index (χ0n) is 12.2. The van der Waals surface area contributed by atoms with Gasteiger partial charge >= 0.3 is 0 Å². The molecule has 1 unspecified atom stereocenters. The Labute approximate surface area is 126 Å². The van der Waals surface area contributed by atoms with Crippen molar-refractivity contribution in [2.75, 3.05) is 0 Å². The lowest BCUT2D eigenvalue weighted by molar-refractivity contribution is 0.0909. The summed E-state index contributed by atoms with van der Waals surface area (Å²) in [5, 5.41) is 2.56. The van der Waals surface area contributed by atoms with Crippen molar-refractivity contribution in [1.29, 1.82) is 0 Å². The highest BCUT2D eigenvalue weighted by Crippen LogP contribution is 2.25. The smallest absolute Gasteiger partial charge is 0.287 e. The van der Waals surface area contributed by atoms with Gasteiger partial charge in [-0.25, -0.2) is 8.78 Å². The first-order chi connectivity index (χ1) is 10.6. The highest BCUT2D eigenvalue weighted by atomic mass is 19.1. The average molecular weight is 306 g/mol. The molecule has 1 aliphatic rings. The molecular formula is C16H16F2N2O2. The number of nitrogens with zero attached hydrogens (tertiary/aromatic N) is 1. The van der Waals surface area contributed by atoms with Gasteiger partial charge in [0.25, 0.3) is 5.91 Å². The maximum atomic E-state index is 13.7. The normalized spacial score (nSPS) is 15.2. The van der Waals surface area contributed by atoms with Crippen LogP contribution in [0.2, 0.25) is 0 Å². The Balaban J connectivity index is 1.77. The van der Waals surface area contributed by atoms with E-state index in [9.17, 15) is 13.6 Å². The molecule has 2 aromatic heterocycles. The Bertz CT molecular complexity index is 668. The van der Waals surface area contributed by atoms with Crippen molar-refractivity contribution in [3.05, 3.63) is 52.7 Å². The van der Waals surface area contributed by atoms with Crippen LogP contribution in [0.5, 0.6) is 0 Å². The number of aryl methyl sites for hydroxylation is 2. The topological polar surface area (TPSA) is 55.1 Å². The van der Waals surface area contributed by atoms with Gasteiger partial charge in [0.2, 0.25) is 0 Å². The third-order valence-corrected chi connectivity index (χ3v) is 3.89. The van der Waals surface area contributed by atoms with Crippen LogP contribution in [-0.4, -0.2) is 10.9 Å². The summed E-state index contributed by atoms with van der Waals surface area (Å²) in [6.45, 7) is 1.52. The number of carbonyl (C=O) groups excluding carboxylic acids is 1. The molecule has 1 N–H and O–H groups in total. The first-order valence-corrected chi connectivity index (χ1v) is 7.27. The van der Waals surface area contributed by atoms with E-state index in [2.05, 4.69) is 10.3 Å². The van der Waals surface area contributed by atoms with Crippen molar-refractivity contribution in [2.45, 2.75) is 38.6 Å². The second-order valence-corrected chi connectivity index (χ2v) is 5.48. The molecule has 2 aromatic rings. The Hall–Kier alpha value is -2.24. The fourth-order valence-electron chi connectivity index (χ4n) is 2.78. The minimum Gasteiger partial charge on any atom is -0.456 e. The van der Waals surface area contributed by atoms with Crippen molar-refractivity contribution in [3.63, 3.8) is 0 Å². The van der Waals surface area contributed by atoms with Crippen molar-refractivity contribution >= 4 is 5.91 Å². The molecule has 22 heavy (non-hydrogen) atoms. The SMILES string of the molecule is CC(NC(=O)c1cc2c(o1)CCCC2)c1c(F)cncc1F. The molecule has 6 heteroatoms. The monoisotopic (exact) mass is 306 g/mol. The number of carbonyl (C=O) groups is 1. The van der Waals surface area contributed by atoms with Gasteiger partial charge < -0.3 is 9.73 Å². The molecule has 116 valence electrons. The number of rotatable bonds is 3. The number of pyridine rings is 1. The molecule has 3 rings (SSSR count). The molecule has 1 amide bonds. The third-order valence-electron chi connectivity index (χ3n) is 3.89.